The first-order valence-electron chi connectivity index (χ1n) is 6.76. The van der Waals surface area contributed by atoms with E-state index in [0.29, 0.717) is 26.3 Å². The molecule has 1 aliphatic rings. The summed E-state index contributed by atoms with van der Waals surface area (Å²) in [5.74, 6) is 0.501. The second-order valence-electron chi connectivity index (χ2n) is 4.86. The molecule has 19 heavy (non-hydrogen) atoms. The molecule has 0 radical (unpaired) electrons. The Hall–Kier alpha value is -0.210. The highest BCUT2D eigenvalue weighted by Crippen LogP contribution is 2.16. The van der Waals surface area contributed by atoms with Crippen LogP contribution in [-0.2, 0) is 19.5 Å². The van der Waals surface area contributed by atoms with E-state index in [9.17, 15) is 8.42 Å². The fraction of sp³-hybridized carbons (Fsp3) is 1.00. The highest BCUT2D eigenvalue weighted by molar-refractivity contribution is 7.89. The summed E-state index contributed by atoms with van der Waals surface area (Å²) < 4.78 is 36.3. The lowest BCUT2D eigenvalue weighted by Crippen LogP contribution is -2.41. The van der Waals surface area contributed by atoms with E-state index in [0.717, 1.165) is 25.9 Å². The van der Waals surface area contributed by atoms with Crippen molar-refractivity contribution < 1.29 is 17.9 Å². The molecule has 0 aromatic carbocycles. The van der Waals surface area contributed by atoms with Crippen molar-refractivity contribution in [1.82, 2.24) is 9.62 Å². The standard InChI is InChI=1S/C12H26N2O4S/c1-17-9-7-14(8-10-18-2)19(15,16)11-12-3-5-13-6-4-12/h12-13H,3-11H2,1-2H3. The molecule has 0 bridgehead atoms. The van der Waals surface area contributed by atoms with Crippen molar-refractivity contribution >= 4 is 10.0 Å². The average Bonchev–Trinajstić information content (AvgIpc) is 2.39. The van der Waals surface area contributed by atoms with Crippen LogP contribution in [0.4, 0.5) is 0 Å². The van der Waals surface area contributed by atoms with Crippen molar-refractivity contribution in [3.63, 3.8) is 0 Å². The highest BCUT2D eigenvalue weighted by Gasteiger charge is 2.26. The molecule has 1 heterocycles. The zero-order chi connectivity index (χ0) is 14.1. The lowest BCUT2D eigenvalue weighted by atomic mass is 10.0. The summed E-state index contributed by atoms with van der Waals surface area (Å²) in [6.07, 6.45) is 1.86. The van der Waals surface area contributed by atoms with Crippen LogP contribution in [0.5, 0.6) is 0 Å². The van der Waals surface area contributed by atoms with Gasteiger partial charge in [-0.2, -0.15) is 4.31 Å². The van der Waals surface area contributed by atoms with Gasteiger partial charge in [0.25, 0.3) is 0 Å². The lowest BCUT2D eigenvalue weighted by molar-refractivity contribution is 0.150. The topological polar surface area (TPSA) is 67.9 Å². The van der Waals surface area contributed by atoms with Crippen molar-refractivity contribution in [1.29, 1.82) is 0 Å². The Kier molecular flexibility index (Phi) is 7.86. The molecule has 1 aliphatic heterocycles. The van der Waals surface area contributed by atoms with Gasteiger partial charge in [0.2, 0.25) is 10.0 Å². The Bertz CT molecular complexity index is 321. The summed E-state index contributed by atoms with van der Waals surface area (Å²) in [7, 11) is -0.0663. The minimum atomic E-state index is -3.22. The van der Waals surface area contributed by atoms with Crippen molar-refractivity contribution in [2.45, 2.75) is 12.8 Å². The van der Waals surface area contributed by atoms with Crippen molar-refractivity contribution in [2.75, 3.05) is 59.4 Å². The molecule has 1 saturated heterocycles. The Morgan fingerprint density at radius 2 is 1.63 bits per heavy atom. The Morgan fingerprint density at radius 3 is 2.11 bits per heavy atom. The Balaban J connectivity index is 2.56. The maximum absolute atomic E-state index is 12.4. The molecule has 6 nitrogen and oxygen atoms in total. The summed E-state index contributed by atoms with van der Waals surface area (Å²) in [6.45, 7) is 3.44. The molecular weight excluding hydrogens is 268 g/mol. The molecule has 0 aromatic rings. The molecule has 1 N–H and O–H groups in total. The first-order chi connectivity index (χ1) is 9.10. The van der Waals surface area contributed by atoms with Crippen molar-refractivity contribution in [3.05, 3.63) is 0 Å². The van der Waals surface area contributed by atoms with E-state index < -0.39 is 10.0 Å². The van der Waals surface area contributed by atoms with Gasteiger partial charge in [0.1, 0.15) is 0 Å². The largest absolute Gasteiger partial charge is 0.383 e. The minimum Gasteiger partial charge on any atom is -0.383 e. The smallest absolute Gasteiger partial charge is 0.214 e. The van der Waals surface area contributed by atoms with Crippen LogP contribution in [0, 0.1) is 5.92 Å². The monoisotopic (exact) mass is 294 g/mol. The third-order valence-corrected chi connectivity index (χ3v) is 5.43. The third kappa shape index (κ3) is 6.18. The van der Waals surface area contributed by atoms with E-state index in [2.05, 4.69) is 5.32 Å². The van der Waals surface area contributed by atoms with Gasteiger partial charge in [-0.15, -0.1) is 0 Å². The van der Waals surface area contributed by atoms with E-state index in [1.54, 1.807) is 14.2 Å². The predicted molar refractivity (Wildman–Crippen MR) is 74.7 cm³/mol. The summed E-state index contributed by atoms with van der Waals surface area (Å²) >= 11 is 0. The van der Waals surface area contributed by atoms with Gasteiger partial charge < -0.3 is 14.8 Å². The second-order valence-corrected chi connectivity index (χ2v) is 6.87. The molecule has 0 aliphatic carbocycles. The van der Waals surface area contributed by atoms with Crippen LogP contribution in [0.15, 0.2) is 0 Å². The molecule has 7 heteroatoms. The SMILES string of the molecule is COCCN(CCOC)S(=O)(=O)CC1CCNCC1. The van der Waals surface area contributed by atoms with Gasteiger partial charge in [0.05, 0.1) is 19.0 Å². The first-order valence-corrected chi connectivity index (χ1v) is 8.37. The highest BCUT2D eigenvalue weighted by atomic mass is 32.2. The van der Waals surface area contributed by atoms with Crippen molar-refractivity contribution in [2.24, 2.45) is 5.92 Å². The summed E-state index contributed by atoms with van der Waals surface area (Å²) in [6, 6.07) is 0. The molecule has 114 valence electrons. The van der Waals surface area contributed by atoms with E-state index in [-0.39, 0.29) is 11.7 Å². The minimum absolute atomic E-state index is 0.238. The number of hydrogen-bond donors (Lipinski definition) is 1. The van der Waals surface area contributed by atoms with Crippen LogP contribution in [0.25, 0.3) is 0 Å². The van der Waals surface area contributed by atoms with E-state index >= 15 is 0 Å². The maximum Gasteiger partial charge on any atom is 0.214 e. The number of methoxy groups -OCH3 is 2. The average molecular weight is 294 g/mol. The number of nitrogens with zero attached hydrogens (tertiary/aromatic N) is 1. The quantitative estimate of drug-likeness (QED) is 0.644. The van der Waals surface area contributed by atoms with Gasteiger partial charge in [0.15, 0.2) is 0 Å². The van der Waals surface area contributed by atoms with Gasteiger partial charge in [-0.3, -0.25) is 0 Å². The number of piperidine rings is 1. The predicted octanol–water partition coefficient (Wildman–Crippen LogP) is -0.0894. The number of ether oxygens (including phenoxy) is 2. The van der Waals surface area contributed by atoms with Gasteiger partial charge in [-0.1, -0.05) is 0 Å². The number of sulfonamides is 1. The van der Waals surface area contributed by atoms with Crippen LogP contribution in [-0.4, -0.2) is 72.1 Å². The maximum atomic E-state index is 12.4. The lowest BCUT2D eigenvalue weighted by Gasteiger charge is -2.27. The van der Waals surface area contributed by atoms with Crippen LogP contribution in [0.2, 0.25) is 0 Å². The summed E-state index contributed by atoms with van der Waals surface area (Å²) in [5.41, 5.74) is 0. The summed E-state index contributed by atoms with van der Waals surface area (Å²) in [4.78, 5) is 0. The molecule has 1 rings (SSSR count). The Morgan fingerprint density at radius 1 is 1.11 bits per heavy atom. The fourth-order valence-corrected chi connectivity index (χ4v) is 4.07. The zero-order valence-corrected chi connectivity index (χ0v) is 12.7. The van der Waals surface area contributed by atoms with Crippen LogP contribution >= 0.6 is 0 Å². The molecule has 0 saturated carbocycles. The number of rotatable bonds is 9. The van der Waals surface area contributed by atoms with Gasteiger partial charge in [0, 0.05) is 27.3 Å². The number of nitrogens with one attached hydrogen (secondary N) is 1. The molecule has 0 amide bonds. The molecular formula is C12H26N2O4S. The first kappa shape index (κ1) is 16.8. The molecule has 0 unspecified atom stereocenters. The number of hydrogen-bond acceptors (Lipinski definition) is 5. The van der Waals surface area contributed by atoms with Crippen LogP contribution < -0.4 is 5.32 Å². The van der Waals surface area contributed by atoms with E-state index in [4.69, 9.17) is 9.47 Å². The van der Waals surface area contributed by atoms with Crippen LogP contribution in [0.1, 0.15) is 12.8 Å². The van der Waals surface area contributed by atoms with E-state index in [1.807, 2.05) is 0 Å². The molecule has 0 spiro atoms. The molecule has 0 atom stereocenters. The summed E-state index contributed by atoms with van der Waals surface area (Å²) in [5, 5.41) is 3.25. The Labute approximate surface area is 116 Å². The van der Waals surface area contributed by atoms with Gasteiger partial charge in [-0.05, 0) is 31.8 Å². The third-order valence-electron chi connectivity index (χ3n) is 3.39. The fourth-order valence-electron chi connectivity index (χ4n) is 2.23. The van der Waals surface area contributed by atoms with Crippen molar-refractivity contribution in [3.8, 4) is 0 Å². The zero-order valence-electron chi connectivity index (χ0n) is 11.9. The van der Waals surface area contributed by atoms with E-state index in [1.165, 1.54) is 4.31 Å². The van der Waals surface area contributed by atoms with Gasteiger partial charge >= 0.3 is 0 Å². The normalized spacial score (nSPS) is 18.1. The molecule has 0 aromatic heterocycles. The van der Waals surface area contributed by atoms with Crippen LogP contribution in [0.3, 0.4) is 0 Å². The van der Waals surface area contributed by atoms with Gasteiger partial charge in [-0.25, -0.2) is 8.42 Å². The second kappa shape index (κ2) is 8.86. The molecule has 1 fully saturated rings.